The minimum absolute atomic E-state index is 0.760. The predicted molar refractivity (Wildman–Crippen MR) is 88.0 cm³/mol. The van der Waals surface area contributed by atoms with Gasteiger partial charge in [0.1, 0.15) is 0 Å². The van der Waals surface area contributed by atoms with Crippen LogP contribution in [-0.4, -0.2) is 4.83 Å². The Morgan fingerprint density at radius 1 is 1.05 bits per heavy atom. The first-order valence-electron chi connectivity index (χ1n) is 8.00. The van der Waals surface area contributed by atoms with E-state index in [1.54, 1.807) is 5.56 Å². The fourth-order valence-electron chi connectivity index (χ4n) is 3.36. The van der Waals surface area contributed by atoms with Crippen molar-refractivity contribution in [2.24, 2.45) is 5.92 Å². The first-order valence-corrected chi connectivity index (χ1v) is 8.91. The Hall–Kier alpha value is -0.300. The van der Waals surface area contributed by atoms with E-state index in [1.807, 2.05) is 0 Å². The lowest BCUT2D eigenvalue weighted by Gasteiger charge is -2.31. The van der Waals surface area contributed by atoms with Gasteiger partial charge in [0.05, 0.1) is 0 Å². The second-order valence-corrected chi connectivity index (χ2v) is 7.21. The van der Waals surface area contributed by atoms with Gasteiger partial charge in [-0.15, -0.1) is 0 Å². The monoisotopic (exact) mass is 322 g/mol. The van der Waals surface area contributed by atoms with Crippen molar-refractivity contribution in [3.05, 3.63) is 35.9 Å². The van der Waals surface area contributed by atoms with Gasteiger partial charge < -0.3 is 0 Å². The van der Waals surface area contributed by atoms with Gasteiger partial charge in [0.25, 0.3) is 0 Å². The van der Waals surface area contributed by atoms with Gasteiger partial charge in [-0.25, -0.2) is 0 Å². The molecule has 0 radical (unpaired) electrons. The molecule has 0 aromatic heterocycles. The van der Waals surface area contributed by atoms with Crippen molar-refractivity contribution in [1.82, 2.24) is 0 Å². The number of rotatable bonds is 6. The lowest BCUT2D eigenvalue weighted by atomic mass is 9.77. The fourth-order valence-corrected chi connectivity index (χ4v) is 4.22. The molecule has 2 rings (SSSR count). The van der Waals surface area contributed by atoms with E-state index in [0.717, 1.165) is 16.7 Å². The molecule has 0 heterocycles. The molecule has 19 heavy (non-hydrogen) atoms. The maximum Gasteiger partial charge on any atom is 0.0174 e. The van der Waals surface area contributed by atoms with Crippen molar-refractivity contribution in [1.29, 1.82) is 0 Å². The topological polar surface area (TPSA) is 0 Å². The summed E-state index contributed by atoms with van der Waals surface area (Å²) in [5.41, 5.74) is 1.55. The lowest BCUT2D eigenvalue weighted by Crippen LogP contribution is -2.21. The van der Waals surface area contributed by atoms with Crippen molar-refractivity contribution in [2.45, 2.75) is 69.0 Å². The fraction of sp³-hybridized carbons (Fsp3) is 0.667. The highest BCUT2D eigenvalue weighted by Gasteiger charge is 2.26. The number of alkyl halides is 1. The number of hydrogen-bond acceptors (Lipinski definition) is 0. The second-order valence-electron chi connectivity index (χ2n) is 6.03. The van der Waals surface area contributed by atoms with E-state index in [4.69, 9.17) is 0 Å². The van der Waals surface area contributed by atoms with Gasteiger partial charge in [0, 0.05) is 4.83 Å². The Morgan fingerprint density at radius 3 is 2.37 bits per heavy atom. The van der Waals surface area contributed by atoms with Gasteiger partial charge in [-0.2, -0.15) is 0 Å². The minimum Gasteiger partial charge on any atom is -0.0888 e. The Balaban J connectivity index is 1.76. The molecule has 0 saturated heterocycles. The van der Waals surface area contributed by atoms with Crippen LogP contribution in [-0.2, 0) is 0 Å². The summed E-state index contributed by atoms with van der Waals surface area (Å²) in [5, 5.41) is 0. The average molecular weight is 323 g/mol. The molecule has 1 aromatic rings. The van der Waals surface area contributed by atoms with E-state index in [-0.39, 0.29) is 0 Å². The molecule has 0 aliphatic heterocycles. The van der Waals surface area contributed by atoms with Crippen LogP contribution in [0, 0.1) is 5.92 Å². The molecule has 1 aliphatic rings. The third-order valence-electron chi connectivity index (χ3n) is 4.64. The molecule has 1 fully saturated rings. The third kappa shape index (κ3) is 4.63. The molecule has 1 saturated carbocycles. The van der Waals surface area contributed by atoms with Crippen LogP contribution in [0.3, 0.4) is 0 Å². The molecular weight excluding hydrogens is 296 g/mol. The highest BCUT2D eigenvalue weighted by molar-refractivity contribution is 9.09. The molecule has 1 atom stereocenters. The average Bonchev–Trinajstić information content (AvgIpc) is 2.48. The summed E-state index contributed by atoms with van der Waals surface area (Å²) in [6, 6.07) is 11.1. The van der Waals surface area contributed by atoms with Gasteiger partial charge in [-0.05, 0) is 49.5 Å². The van der Waals surface area contributed by atoms with Crippen LogP contribution in [0.4, 0.5) is 0 Å². The van der Waals surface area contributed by atoms with Crippen molar-refractivity contribution < 1.29 is 0 Å². The van der Waals surface area contributed by atoms with E-state index < -0.39 is 0 Å². The summed E-state index contributed by atoms with van der Waals surface area (Å²) in [5.74, 6) is 1.73. The highest BCUT2D eigenvalue weighted by atomic mass is 79.9. The molecule has 0 amide bonds. The Kier molecular flexibility index (Phi) is 6.43. The Morgan fingerprint density at radius 2 is 1.74 bits per heavy atom. The molecule has 1 aromatic carbocycles. The SMILES string of the molecule is CCCCCC(Br)C1CCC(c2ccccc2)CC1. The zero-order chi connectivity index (χ0) is 13.5. The van der Waals surface area contributed by atoms with E-state index in [9.17, 15) is 0 Å². The van der Waals surface area contributed by atoms with Crippen LogP contribution in [0.15, 0.2) is 30.3 Å². The van der Waals surface area contributed by atoms with Gasteiger partial charge >= 0.3 is 0 Å². The van der Waals surface area contributed by atoms with Gasteiger partial charge in [0.15, 0.2) is 0 Å². The predicted octanol–water partition coefficient (Wildman–Crippen LogP) is 6.30. The smallest absolute Gasteiger partial charge is 0.0174 e. The minimum atomic E-state index is 0.760. The first kappa shape index (κ1) is 15.1. The summed E-state index contributed by atoms with van der Waals surface area (Å²) < 4.78 is 0. The zero-order valence-corrected chi connectivity index (χ0v) is 13.7. The number of hydrogen-bond donors (Lipinski definition) is 0. The van der Waals surface area contributed by atoms with Crippen LogP contribution in [0.25, 0.3) is 0 Å². The lowest BCUT2D eigenvalue weighted by molar-refractivity contribution is 0.312. The highest BCUT2D eigenvalue weighted by Crippen LogP contribution is 2.39. The molecule has 0 nitrogen and oxygen atoms in total. The van der Waals surface area contributed by atoms with E-state index in [0.29, 0.717) is 0 Å². The summed E-state index contributed by atoms with van der Waals surface area (Å²) in [7, 11) is 0. The summed E-state index contributed by atoms with van der Waals surface area (Å²) in [6.45, 7) is 2.29. The van der Waals surface area contributed by atoms with Gasteiger partial charge in [-0.1, -0.05) is 72.4 Å². The molecule has 0 N–H and O–H groups in total. The van der Waals surface area contributed by atoms with E-state index in [2.05, 4.69) is 53.2 Å². The molecule has 106 valence electrons. The normalized spacial score (nSPS) is 25.2. The van der Waals surface area contributed by atoms with Crippen LogP contribution < -0.4 is 0 Å². The van der Waals surface area contributed by atoms with Crippen molar-refractivity contribution >= 4 is 15.9 Å². The maximum atomic E-state index is 3.95. The van der Waals surface area contributed by atoms with Crippen LogP contribution >= 0.6 is 15.9 Å². The quantitative estimate of drug-likeness (QED) is 0.425. The van der Waals surface area contributed by atoms with Crippen LogP contribution in [0.2, 0.25) is 0 Å². The number of unbranched alkanes of at least 4 members (excludes halogenated alkanes) is 2. The summed E-state index contributed by atoms with van der Waals surface area (Å²) in [4.78, 5) is 0.760. The second kappa shape index (κ2) is 8.09. The Bertz CT molecular complexity index is 338. The van der Waals surface area contributed by atoms with E-state index in [1.165, 1.54) is 51.4 Å². The molecule has 1 heteroatoms. The Labute approximate surface area is 127 Å². The van der Waals surface area contributed by atoms with Crippen LogP contribution in [0.1, 0.15) is 69.8 Å². The summed E-state index contributed by atoms with van der Waals surface area (Å²) >= 11 is 3.95. The third-order valence-corrected chi connectivity index (χ3v) is 5.84. The first-order chi connectivity index (χ1) is 9.31. The van der Waals surface area contributed by atoms with Crippen molar-refractivity contribution in [2.75, 3.05) is 0 Å². The maximum absolute atomic E-state index is 3.95. The number of benzene rings is 1. The molecule has 1 unspecified atom stereocenters. The van der Waals surface area contributed by atoms with Crippen LogP contribution in [0.5, 0.6) is 0 Å². The van der Waals surface area contributed by atoms with Gasteiger partial charge in [-0.3, -0.25) is 0 Å². The molecular formula is C18H27Br. The largest absolute Gasteiger partial charge is 0.0888 e. The van der Waals surface area contributed by atoms with E-state index >= 15 is 0 Å². The molecule has 1 aliphatic carbocycles. The zero-order valence-electron chi connectivity index (χ0n) is 12.2. The molecule has 0 bridgehead atoms. The van der Waals surface area contributed by atoms with Gasteiger partial charge in [0.2, 0.25) is 0 Å². The standard InChI is InChI=1S/C18H27Br/c1-2-3-5-10-18(19)17-13-11-16(12-14-17)15-8-6-4-7-9-15/h4,6-9,16-18H,2-3,5,10-14H2,1H3. The van der Waals surface area contributed by atoms with Crippen molar-refractivity contribution in [3.8, 4) is 0 Å². The molecule has 0 spiro atoms. The van der Waals surface area contributed by atoms with Crippen molar-refractivity contribution in [3.63, 3.8) is 0 Å². The number of halogens is 1. The summed E-state index contributed by atoms with van der Waals surface area (Å²) in [6.07, 6.45) is 11.1.